The number of amides is 5. The quantitative estimate of drug-likeness (QED) is 0.0135. The molecular weight excluding hydrogens is 1440 g/mol. The van der Waals surface area contributed by atoms with Crippen LogP contribution in [0.1, 0.15) is 122 Å². The fourth-order valence-corrected chi connectivity index (χ4v) is 13.9. The van der Waals surface area contributed by atoms with Gasteiger partial charge in [0.2, 0.25) is 12.2 Å². The summed E-state index contributed by atoms with van der Waals surface area (Å²) in [6.07, 6.45) is -15.5. The molecule has 110 heavy (non-hydrogen) atoms. The Bertz CT molecular complexity index is 3960. The van der Waals surface area contributed by atoms with Crippen molar-refractivity contribution in [3.8, 4) is 28.7 Å². The zero-order valence-electron chi connectivity index (χ0n) is 61.8. The van der Waals surface area contributed by atoms with E-state index in [0.29, 0.717) is 35.1 Å². The number of aliphatic hydroxyl groups excluding tert-OH is 8. The summed E-state index contributed by atoms with van der Waals surface area (Å²) in [5, 5.41) is 89.9. The molecule has 13 atom stereocenters. The van der Waals surface area contributed by atoms with Gasteiger partial charge in [-0.05, 0) is 98.5 Å². The summed E-state index contributed by atoms with van der Waals surface area (Å²) in [5.74, 6) is 2.93. The van der Waals surface area contributed by atoms with Crippen molar-refractivity contribution >= 4 is 52.8 Å². The molecule has 4 fully saturated rings. The van der Waals surface area contributed by atoms with Crippen LogP contribution < -0.4 is 44.7 Å². The van der Waals surface area contributed by atoms with Crippen molar-refractivity contribution < 1.29 is 136 Å². The molecule has 6 aliphatic rings. The summed E-state index contributed by atoms with van der Waals surface area (Å²) in [6.45, 7) is 8.91. The summed E-state index contributed by atoms with van der Waals surface area (Å²) in [7, 11) is 4.31. The molecule has 0 aromatic heterocycles. The number of aryl methyl sites for hydroxylation is 1. The topological polar surface area (TPSA) is 452 Å². The second kappa shape index (κ2) is 38.8. The highest BCUT2D eigenvalue weighted by Crippen LogP contribution is 2.44. The van der Waals surface area contributed by atoms with E-state index in [1.54, 1.807) is 6.92 Å². The Hall–Kier alpha value is -8.95. The van der Waals surface area contributed by atoms with Gasteiger partial charge in [-0.15, -0.1) is 0 Å². The van der Waals surface area contributed by atoms with Gasteiger partial charge in [0.15, 0.2) is 35.5 Å². The van der Waals surface area contributed by atoms with Crippen LogP contribution in [0.3, 0.4) is 0 Å². The molecule has 1 aliphatic carbocycles. The first-order chi connectivity index (χ1) is 52.8. The number of rotatable bonds is 36. The third-order valence-corrected chi connectivity index (χ3v) is 19.8. The van der Waals surface area contributed by atoms with Crippen LogP contribution >= 0.6 is 0 Å². The predicted molar refractivity (Wildman–Crippen MR) is 386 cm³/mol. The van der Waals surface area contributed by atoms with Crippen molar-refractivity contribution in [3.63, 3.8) is 0 Å². The van der Waals surface area contributed by atoms with Crippen molar-refractivity contribution in [2.75, 3.05) is 110 Å². The first-order valence-corrected chi connectivity index (χ1v) is 36.3. The van der Waals surface area contributed by atoms with Gasteiger partial charge in [0.05, 0.1) is 105 Å². The molecular formula is C76H98N6O28. The monoisotopic (exact) mass is 1540 g/mol. The number of methoxy groups -OCH3 is 3. The third-order valence-electron chi connectivity index (χ3n) is 19.8. The van der Waals surface area contributed by atoms with E-state index in [-0.39, 0.29) is 198 Å². The minimum Gasteiger partial charge on any atom is -0.493 e. The van der Waals surface area contributed by atoms with E-state index in [2.05, 4.69) is 23.3 Å². The second-order valence-corrected chi connectivity index (χ2v) is 27.7. The number of nitrogens with zero attached hydrogens (tertiary/aromatic N) is 4. The maximum Gasteiger partial charge on any atom is 0.416 e. The normalized spacial score (nSPS) is 24.0. The van der Waals surface area contributed by atoms with Crippen LogP contribution in [0, 0.1) is 6.92 Å². The molecule has 0 spiro atoms. The molecule has 4 aromatic rings. The number of anilines is 2. The number of fused-ring (bicyclic) bond motifs is 4. The lowest BCUT2D eigenvalue weighted by atomic mass is 9.89. The van der Waals surface area contributed by atoms with Gasteiger partial charge in [-0.25, -0.2) is 25.3 Å². The number of hydrogen-bond acceptors (Lipinski definition) is 29. The van der Waals surface area contributed by atoms with E-state index >= 15 is 0 Å². The number of nitrogens with one attached hydrogen (secondary N) is 1. The third kappa shape index (κ3) is 20.0. The summed E-state index contributed by atoms with van der Waals surface area (Å²) < 4.78 is 69.3. The Kier molecular flexibility index (Phi) is 29.5. The Morgan fingerprint density at radius 1 is 0.582 bits per heavy atom. The summed E-state index contributed by atoms with van der Waals surface area (Å²) >= 11 is 0. The van der Waals surface area contributed by atoms with Crippen LogP contribution in [0.25, 0.3) is 0 Å². The lowest BCUT2D eigenvalue weighted by Crippen LogP contribution is -2.54. The van der Waals surface area contributed by atoms with Gasteiger partial charge in [0.1, 0.15) is 73.7 Å². The van der Waals surface area contributed by atoms with Gasteiger partial charge < -0.3 is 118 Å². The van der Waals surface area contributed by atoms with E-state index in [1.165, 1.54) is 91.8 Å². The van der Waals surface area contributed by atoms with E-state index in [4.69, 9.17) is 62.7 Å². The zero-order chi connectivity index (χ0) is 79.0. The van der Waals surface area contributed by atoms with Gasteiger partial charge >= 0.3 is 12.2 Å². The molecule has 0 bridgehead atoms. The highest BCUT2D eigenvalue weighted by atomic mass is 16.7. The Morgan fingerprint density at radius 2 is 1.10 bits per heavy atom. The van der Waals surface area contributed by atoms with Crippen molar-refractivity contribution in [3.05, 3.63) is 124 Å². The Morgan fingerprint density at radius 3 is 1.65 bits per heavy atom. The maximum absolute atomic E-state index is 14.7. The van der Waals surface area contributed by atoms with Crippen molar-refractivity contribution in [2.45, 2.75) is 164 Å². The molecule has 5 heterocycles. The standard InChI is InChI=1S/C76H98N6O28/c1-41-27-53-72(94)81(75(96)106-37-44-11-14-59(49(30-44)55(83)9-7-19-98-4)109-61-16-13-57(85)66(88)68(61)90)51-33-62(43(3)29-47(51)70(92)79(53)35-41)103-21-17-46(78-65(87)40-102-24-23-101-25-26-108-77)18-22-104-64-34-52-48(32-63(64)100-6)71(93)80-36-42(2)28-54(80)73(95)82(52)76(97)107-38-45-12-15-60(50(31-45)56(84)10-8-20-99-5)110-74-69(91)67(89)58(86)39-105-74/h11-12,14-15,29-34,46,53-54,57-58,61,66-69,72-74,85-86,88-91,94-95H,1-2,7-10,13,16-28,35-40,77H2,3-6H3,(H,78,87)/t46?,53-,54-,57+,58+,61+,66-,67-,68-,69+,72?,73?,74-/m0/s1. The zero-order valence-corrected chi connectivity index (χ0v) is 61.8. The molecule has 34 heteroatoms. The summed E-state index contributed by atoms with van der Waals surface area (Å²) in [5.41, 5.74) is 2.13. The minimum absolute atomic E-state index is 0.00314. The Balaban J connectivity index is 0.878. The van der Waals surface area contributed by atoms with Crippen LogP contribution in [0.2, 0.25) is 0 Å². The SMILES string of the molecule is C=C1C[C@H]2C(O)N(C(=O)OCc3ccc(O[C@@H]4CC[C@@H](O)[C@H](O)[C@H]4O)c(C(=O)CCCOC)c3)c3cc(OCCC(CCOc4cc5c(cc4OC)C(=O)N4CC(=C)C[C@H]4C(O)N5C(=O)OCc4ccc(O[C@@H]5OC[C@@H](O)[C@H](O)[C@H]5O)c(C(=O)CCCOC)c4)NC(=O)COCCOCCON)c(C)cc3C(=O)N2C1. The molecule has 3 saturated heterocycles. The molecule has 11 N–H and O–H groups in total. The van der Waals surface area contributed by atoms with Crippen LogP contribution in [-0.4, -0.2) is 272 Å². The molecule has 10 rings (SSSR count). The number of aliphatic hydroxyl groups is 8. The number of benzene rings is 4. The van der Waals surface area contributed by atoms with Crippen LogP contribution in [0.5, 0.6) is 28.7 Å². The number of nitrogens with two attached hydrogens (primary N) is 1. The number of carbonyl (C=O) groups excluding carboxylic acids is 7. The average molecular weight is 1540 g/mol. The lowest BCUT2D eigenvalue weighted by Gasteiger charge is -2.35. The summed E-state index contributed by atoms with van der Waals surface area (Å²) in [6, 6.07) is 11.7. The van der Waals surface area contributed by atoms with Crippen LogP contribution in [-0.2, 0) is 56.0 Å². The number of ether oxygens (including phenoxy) is 12. The first kappa shape index (κ1) is 83.5. The van der Waals surface area contributed by atoms with E-state index in [0.717, 1.165) is 9.80 Å². The molecule has 0 radical (unpaired) electrons. The fraction of sp³-hybridized carbons (Fsp3) is 0.539. The number of hydrogen-bond donors (Lipinski definition) is 10. The molecule has 600 valence electrons. The smallest absolute Gasteiger partial charge is 0.416 e. The molecule has 34 nitrogen and oxygen atoms in total. The van der Waals surface area contributed by atoms with E-state index in [1.807, 2.05) is 0 Å². The van der Waals surface area contributed by atoms with Gasteiger partial charge in [-0.2, -0.15) is 0 Å². The predicted octanol–water partition coefficient (Wildman–Crippen LogP) is 2.80. The molecule has 3 unspecified atom stereocenters. The summed E-state index contributed by atoms with van der Waals surface area (Å²) in [4.78, 5) is 109. The van der Waals surface area contributed by atoms with Crippen LogP contribution in [0.15, 0.2) is 85.0 Å². The van der Waals surface area contributed by atoms with E-state index in [9.17, 15) is 74.4 Å². The number of Topliss-reactive ketones (excluding diaryl/α,β-unsaturated/α-hetero) is 2. The lowest BCUT2D eigenvalue weighted by molar-refractivity contribution is -0.242. The van der Waals surface area contributed by atoms with Crippen molar-refractivity contribution in [1.82, 2.24) is 15.1 Å². The molecule has 5 amide bonds. The highest BCUT2D eigenvalue weighted by molar-refractivity contribution is 6.07. The van der Waals surface area contributed by atoms with E-state index < -0.39 is 135 Å². The highest BCUT2D eigenvalue weighted by Gasteiger charge is 2.49. The largest absolute Gasteiger partial charge is 0.493 e. The van der Waals surface area contributed by atoms with Gasteiger partial charge in [0, 0.05) is 84.4 Å². The van der Waals surface area contributed by atoms with Crippen molar-refractivity contribution in [1.29, 1.82) is 0 Å². The fourth-order valence-electron chi connectivity index (χ4n) is 13.9. The van der Waals surface area contributed by atoms with Crippen molar-refractivity contribution in [2.24, 2.45) is 5.90 Å². The van der Waals surface area contributed by atoms with Gasteiger partial charge in [-0.3, -0.25) is 24.0 Å². The van der Waals surface area contributed by atoms with Crippen LogP contribution in [0.4, 0.5) is 21.0 Å². The minimum atomic E-state index is -1.73. The molecule has 5 aliphatic heterocycles. The molecule has 4 aromatic carbocycles. The number of ketones is 2. The Labute approximate surface area is 634 Å². The first-order valence-electron chi connectivity index (χ1n) is 36.3. The van der Waals surface area contributed by atoms with Gasteiger partial charge in [0.25, 0.3) is 11.8 Å². The average Bonchev–Trinajstić information content (AvgIpc) is 1.60. The van der Waals surface area contributed by atoms with Gasteiger partial charge in [-0.1, -0.05) is 36.4 Å². The maximum atomic E-state index is 14.7. The second-order valence-electron chi connectivity index (χ2n) is 27.7. The number of carbonyl (C=O) groups is 7. The molecule has 1 saturated carbocycles.